The molecule has 0 bridgehead atoms. The van der Waals surface area contributed by atoms with E-state index in [1.807, 2.05) is 18.2 Å². The normalized spacial score (nSPS) is 10.3. The summed E-state index contributed by atoms with van der Waals surface area (Å²) in [5.74, 6) is 0.880. The van der Waals surface area contributed by atoms with E-state index in [2.05, 4.69) is 55.8 Å². The van der Waals surface area contributed by atoms with Gasteiger partial charge in [-0.25, -0.2) is 4.98 Å². The fourth-order valence-corrected chi connectivity index (χ4v) is 1.83. The van der Waals surface area contributed by atoms with E-state index in [-0.39, 0.29) is 0 Å². The van der Waals surface area contributed by atoms with Gasteiger partial charge in [-0.05, 0) is 40.0 Å². The topological polar surface area (TPSA) is 37.0 Å². The van der Waals surface area contributed by atoms with Gasteiger partial charge in [0.15, 0.2) is 0 Å². The lowest BCUT2D eigenvalue weighted by molar-refractivity contribution is 0.721. The highest BCUT2D eigenvalue weighted by Crippen LogP contribution is 2.09. The maximum Gasteiger partial charge on any atom is 0.126 e. The van der Waals surface area contributed by atoms with Crippen LogP contribution in [0.25, 0.3) is 0 Å². The summed E-state index contributed by atoms with van der Waals surface area (Å²) in [6.45, 7) is 1.68. The summed E-state index contributed by atoms with van der Waals surface area (Å²) in [5.41, 5.74) is 1.35. The molecule has 0 amide bonds. The number of hydrogen-bond donors (Lipinski definition) is 2. The van der Waals surface area contributed by atoms with Crippen LogP contribution in [0.1, 0.15) is 5.56 Å². The van der Waals surface area contributed by atoms with E-state index in [1.54, 1.807) is 6.20 Å². The van der Waals surface area contributed by atoms with Crippen LogP contribution in [0.4, 0.5) is 5.82 Å². The fourth-order valence-electron chi connectivity index (χ4n) is 1.60. The van der Waals surface area contributed by atoms with Crippen molar-refractivity contribution in [1.82, 2.24) is 10.3 Å². The molecule has 2 aromatic rings. The summed E-state index contributed by atoms with van der Waals surface area (Å²) in [7, 11) is 0. The average molecular weight is 306 g/mol. The number of nitrogens with one attached hydrogen (secondary N) is 2. The Labute approximate surface area is 116 Å². The summed E-state index contributed by atoms with van der Waals surface area (Å²) in [6, 6.07) is 14.4. The van der Waals surface area contributed by atoms with Crippen LogP contribution in [-0.2, 0) is 6.42 Å². The maximum absolute atomic E-state index is 4.24. The number of halogens is 1. The smallest absolute Gasteiger partial charge is 0.126 e. The van der Waals surface area contributed by atoms with Crippen molar-refractivity contribution in [3.8, 4) is 0 Å². The van der Waals surface area contributed by atoms with Crippen LogP contribution in [0.15, 0.2) is 53.1 Å². The molecule has 94 valence electrons. The van der Waals surface area contributed by atoms with Crippen molar-refractivity contribution in [2.45, 2.75) is 6.42 Å². The van der Waals surface area contributed by atoms with Gasteiger partial charge < -0.3 is 5.32 Å². The second-order valence-corrected chi connectivity index (χ2v) is 4.87. The number of nitrogens with zero attached hydrogens (tertiary/aromatic N) is 1. The van der Waals surface area contributed by atoms with Gasteiger partial charge in [-0.1, -0.05) is 30.3 Å². The first kappa shape index (κ1) is 13.1. The minimum absolute atomic E-state index is 0.724. The standard InChI is InChI=1S/C14H16BrN3/c15-13-6-7-14(17-10-13)18-11-16-9-8-12-4-2-1-3-5-12/h1-7,10,16H,8-9,11H2,(H,17,18). The summed E-state index contributed by atoms with van der Waals surface area (Å²) >= 11 is 3.36. The van der Waals surface area contributed by atoms with Crippen molar-refractivity contribution in [1.29, 1.82) is 0 Å². The molecule has 4 heteroatoms. The van der Waals surface area contributed by atoms with Crippen molar-refractivity contribution >= 4 is 21.7 Å². The molecule has 18 heavy (non-hydrogen) atoms. The number of anilines is 1. The van der Waals surface area contributed by atoms with Gasteiger partial charge in [0.25, 0.3) is 0 Å². The van der Waals surface area contributed by atoms with Gasteiger partial charge in [-0.15, -0.1) is 0 Å². The Morgan fingerprint density at radius 2 is 1.89 bits per heavy atom. The molecule has 1 aromatic carbocycles. The molecular weight excluding hydrogens is 290 g/mol. The van der Waals surface area contributed by atoms with E-state index in [0.29, 0.717) is 0 Å². The highest BCUT2D eigenvalue weighted by Gasteiger charge is 1.93. The van der Waals surface area contributed by atoms with E-state index in [0.717, 1.165) is 29.9 Å². The Kier molecular flexibility index (Phi) is 5.17. The molecule has 1 aromatic heterocycles. The fraction of sp³-hybridized carbons (Fsp3) is 0.214. The first-order chi connectivity index (χ1) is 8.84. The molecular formula is C14H16BrN3. The predicted molar refractivity (Wildman–Crippen MR) is 78.6 cm³/mol. The molecule has 0 saturated carbocycles. The molecule has 0 fully saturated rings. The van der Waals surface area contributed by atoms with Crippen LogP contribution < -0.4 is 10.6 Å². The quantitative estimate of drug-likeness (QED) is 0.636. The SMILES string of the molecule is Brc1ccc(NCNCCc2ccccc2)nc1. The Morgan fingerprint density at radius 3 is 2.61 bits per heavy atom. The Balaban J connectivity index is 1.63. The molecule has 0 aliphatic carbocycles. The molecule has 0 radical (unpaired) electrons. The van der Waals surface area contributed by atoms with Crippen LogP contribution >= 0.6 is 15.9 Å². The van der Waals surface area contributed by atoms with E-state index in [4.69, 9.17) is 0 Å². The van der Waals surface area contributed by atoms with Crippen LogP contribution in [0.3, 0.4) is 0 Å². The number of aromatic nitrogens is 1. The number of pyridine rings is 1. The van der Waals surface area contributed by atoms with Crippen molar-refractivity contribution in [2.24, 2.45) is 0 Å². The van der Waals surface area contributed by atoms with Crippen molar-refractivity contribution in [3.63, 3.8) is 0 Å². The van der Waals surface area contributed by atoms with Crippen LogP contribution in [0.5, 0.6) is 0 Å². The average Bonchev–Trinajstić information content (AvgIpc) is 2.42. The lowest BCUT2D eigenvalue weighted by atomic mass is 10.1. The van der Waals surface area contributed by atoms with Crippen molar-refractivity contribution in [2.75, 3.05) is 18.5 Å². The van der Waals surface area contributed by atoms with Gasteiger partial charge >= 0.3 is 0 Å². The van der Waals surface area contributed by atoms with Crippen LogP contribution in [0, 0.1) is 0 Å². The van der Waals surface area contributed by atoms with E-state index < -0.39 is 0 Å². The molecule has 3 nitrogen and oxygen atoms in total. The first-order valence-corrected chi connectivity index (χ1v) is 6.74. The van der Waals surface area contributed by atoms with Gasteiger partial charge in [-0.2, -0.15) is 0 Å². The molecule has 1 heterocycles. The monoisotopic (exact) mass is 305 g/mol. The molecule has 2 N–H and O–H groups in total. The zero-order valence-corrected chi connectivity index (χ0v) is 11.7. The lowest BCUT2D eigenvalue weighted by Gasteiger charge is -2.07. The molecule has 0 unspecified atom stereocenters. The minimum atomic E-state index is 0.724. The van der Waals surface area contributed by atoms with Gasteiger partial charge in [0.1, 0.15) is 5.82 Å². The van der Waals surface area contributed by atoms with E-state index >= 15 is 0 Å². The summed E-state index contributed by atoms with van der Waals surface area (Å²) in [4.78, 5) is 4.24. The van der Waals surface area contributed by atoms with Gasteiger partial charge in [0, 0.05) is 17.2 Å². The second-order valence-electron chi connectivity index (χ2n) is 3.95. The Hall–Kier alpha value is -1.39. The first-order valence-electron chi connectivity index (χ1n) is 5.95. The highest BCUT2D eigenvalue weighted by atomic mass is 79.9. The zero-order valence-electron chi connectivity index (χ0n) is 10.1. The van der Waals surface area contributed by atoms with Gasteiger partial charge in [0.2, 0.25) is 0 Å². The molecule has 0 saturated heterocycles. The summed E-state index contributed by atoms with van der Waals surface area (Å²) < 4.78 is 0.991. The molecule has 0 atom stereocenters. The summed E-state index contributed by atoms with van der Waals surface area (Å²) in [6.07, 6.45) is 2.82. The third-order valence-electron chi connectivity index (χ3n) is 2.56. The number of benzene rings is 1. The second kappa shape index (κ2) is 7.13. The van der Waals surface area contributed by atoms with Crippen LogP contribution in [-0.4, -0.2) is 18.2 Å². The third kappa shape index (κ3) is 4.47. The number of rotatable bonds is 6. The Bertz CT molecular complexity index is 456. The Morgan fingerprint density at radius 1 is 1.06 bits per heavy atom. The molecule has 0 aliphatic rings. The largest absolute Gasteiger partial charge is 0.358 e. The van der Waals surface area contributed by atoms with E-state index in [1.165, 1.54) is 5.56 Å². The van der Waals surface area contributed by atoms with Crippen molar-refractivity contribution in [3.05, 3.63) is 58.7 Å². The molecule has 2 rings (SSSR count). The zero-order chi connectivity index (χ0) is 12.6. The summed E-state index contributed by atoms with van der Waals surface area (Å²) in [5, 5.41) is 6.55. The van der Waals surface area contributed by atoms with Crippen molar-refractivity contribution < 1.29 is 0 Å². The maximum atomic E-state index is 4.24. The highest BCUT2D eigenvalue weighted by molar-refractivity contribution is 9.10. The predicted octanol–water partition coefficient (Wildman–Crippen LogP) is 3.05. The lowest BCUT2D eigenvalue weighted by Crippen LogP contribution is -2.24. The van der Waals surface area contributed by atoms with Gasteiger partial charge in [-0.3, -0.25) is 5.32 Å². The number of hydrogen-bond acceptors (Lipinski definition) is 3. The molecule has 0 spiro atoms. The third-order valence-corrected chi connectivity index (χ3v) is 3.02. The van der Waals surface area contributed by atoms with Crippen LogP contribution in [0.2, 0.25) is 0 Å². The minimum Gasteiger partial charge on any atom is -0.358 e. The van der Waals surface area contributed by atoms with Gasteiger partial charge in [0.05, 0.1) is 6.67 Å². The molecule has 0 aliphatic heterocycles. The van der Waals surface area contributed by atoms with E-state index in [9.17, 15) is 0 Å².